The summed E-state index contributed by atoms with van der Waals surface area (Å²) in [5.41, 5.74) is 7.94. The molecule has 0 unspecified atom stereocenters. The number of amides is 1. The van der Waals surface area contributed by atoms with E-state index in [1.807, 2.05) is 23.1 Å². The SMILES string of the molecule is Nc1n[nH]c2cccc(C#Cc3cccc(C(=O)Nc4cc(CN5CCOCC5)cc(C(F)(F)F)c4)c3)c12. The Hall–Kier alpha value is -4.33. The number of carbonyl (C=O) groups excluding carboxylic acids is 1. The molecule has 4 aromatic rings. The zero-order chi connectivity index (χ0) is 26.7. The molecule has 1 aromatic heterocycles. The fourth-order valence-corrected chi connectivity index (χ4v) is 4.32. The first-order valence-electron chi connectivity index (χ1n) is 11.9. The molecule has 0 atom stereocenters. The van der Waals surface area contributed by atoms with E-state index in [0.717, 1.165) is 17.6 Å². The number of nitrogens with one attached hydrogen (secondary N) is 2. The molecule has 4 N–H and O–H groups in total. The summed E-state index contributed by atoms with van der Waals surface area (Å²) >= 11 is 0. The number of carbonyl (C=O) groups is 1. The van der Waals surface area contributed by atoms with E-state index < -0.39 is 17.6 Å². The molecule has 2 heterocycles. The fourth-order valence-electron chi connectivity index (χ4n) is 4.32. The van der Waals surface area contributed by atoms with E-state index in [9.17, 15) is 18.0 Å². The molecule has 1 fully saturated rings. The number of aromatic amines is 1. The maximum atomic E-state index is 13.6. The van der Waals surface area contributed by atoms with Crippen LogP contribution in [-0.2, 0) is 17.5 Å². The van der Waals surface area contributed by atoms with Crippen molar-refractivity contribution < 1.29 is 22.7 Å². The lowest BCUT2D eigenvalue weighted by atomic mass is 10.1. The standard InChI is InChI=1S/C28H24F3N5O2/c29-28(30,31)22-14-19(17-36-9-11-38-12-10-36)15-23(16-22)33-27(37)21-5-1-3-18(13-21)7-8-20-4-2-6-24-25(20)26(32)35-34-24/h1-6,13-16H,9-12,17H2,(H,33,37)(H3,32,34,35). The van der Waals surface area contributed by atoms with Crippen molar-refractivity contribution >= 4 is 28.3 Å². The highest BCUT2D eigenvalue weighted by molar-refractivity contribution is 6.04. The number of morpholine rings is 1. The van der Waals surface area contributed by atoms with E-state index in [1.165, 1.54) is 0 Å². The number of H-pyrrole nitrogens is 1. The van der Waals surface area contributed by atoms with Gasteiger partial charge in [-0.15, -0.1) is 0 Å². The normalized spacial score (nSPS) is 14.2. The van der Waals surface area contributed by atoms with Crippen LogP contribution in [0.2, 0.25) is 0 Å². The van der Waals surface area contributed by atoms with Crippen LogP contribution in [0.4, 0.5) is 24.7 Å². The highest BCUT2D eigenvalue weighted by Gasteiger charge is 2.31. The average Bonchev–Trinajstić information content (AvgIpc) is 3.29. The van der Waals surface area contributed by atoms with Crippen LogP contribution < -0.4 is 11.1 Å². The summed E-state index contributed by atoms with van der Waals surface area (Å²) in [5, 5.41) is 10.2. The van der Waals surface area contributed by atoms with Crippen molar-refractivity contribution in [2.24, 2.45) is 0 Å². The molecule has 38 heavy (non-hydrogen) atoms. The minimum absolute atomic E-state index is 0.0756. The minimum Gasteiger partial charge on any atom is -0.382 e. The van der Waals surface area contributed by atoms with Gasteiger partial charge in [-0.25, -0.2) is 0 Å². The van der Waals surface area contributed by atoms with Gasteiger partial charge in [0.1, 0.15) is 0 Å². The average molecular weight is 520 g/mol. The Morgan fingerprint density at radius 2 is 1.87 bits per heavy atom. The molecule has 1 amide bonds. The summed E-state index contributed by atoms with van der Waals surface area (Å²) in [6, 6.07) is 15.7. The van der Waals surface area contributed by atoms with Gasteiger partial charge in [-0.1, -0.05) is 24.0 Å². The molecule has 7 nitrogen and oxygen atoms in total. The van der Waals surface area contributed by atoms with Gasteiger partial charge >= 0.3 is 6.18 Å². The molecule has 0 spiro atoms. The molecule has 1 aliphatic rings. The summed E-state index contributed by atoms with van der Waals surface area (Å²) in [6.07, 6.45) is -4.54. The van der Waals surface area contributed by atoms with Gasteiger partial charge in [-0.05, 0) is 54.1 Å². The third-order valence-electron chi connectivity index (χ3n) is 6.17. The Kier molecular flexibility index (Phi) is 7.05. The zero-order valence-corrected chi connectivity index (χ0v) is 20.2. The molecule has 0 radical (unpaired) electrons. The van der Waals surface area contributed by atoms with Crippen molar-refractivity contribution in [2.45, 2.75) is 12.7 Å². The monoisotopic (exact) mass is 519 g/mol. The van der Waals surface area contributed by atoms with Gasteiger partial charge < -0.3 is 15.8 Å². The van der Waals surface area contributed by atoms with Crippen LogP contribution in [0.3, 0.4) is 0 Å². The van der Waals surface area contributed by atoms with Crippen LogP contribution in [0, 0.1) is 11.8 Å². The van der Waals surface area contributed by atoms with Crippen LogP contribution in [0.1, 0.15) is 32.6 Å². The Morgan fingerprint density at radius 1 is 1.08 bits per heavy atom. The van der Waals surface area contributed by atoms with Crippen molar-refractivity contribution in [3.63, 3.8) is 0 Å². The molecule has 1 aliphatic heterocycles. The first kappa shape index (κ1) is 25.3. The van der Waals surface area contributed by atoms with Gasteiger partial charge in [0.2, 0.25) is 0 Å². The summed E-state index contributed by atoms with van der Waals surface area (Å²) in [7, 11) is 0. The van der Waals surface area contributed by atoms with Crippen molar-refractivity contribution in [3.05, 3.63) is 88.5 Å². The lowest BCUT2D eigenvalue weighted by Gasteiger charge is -2.27. The van der Waals surface area contributed by atoms with E-state index in [-0.39, 0.29) is 11.3 Å². The molecule has 194 valence electrons. The maximum Gasteiger partial charge on any atom is 0.416 e. The number of aromatic nitrogens is 2. The second-order valence-electron chi connectivity index (χ2n) is 8.93. The van der Waals surface area contributed by atoms with Crippen molar-refractivity contribution in [3.8, 4) is 11.8 Å². The Bertz CT molecular complexity index is 1550. The molecule has 3 aromatic carbocycles. The summed E-state index contributed by atoms with van der Waals surface area (Å²) < 4.78 is 46.1. The lowest BCUT2D eigenvalue weighted by molar-refractivity contribution is -0.137. The predicted octanol–water partition coefficient (Wildman–Crippen LogP) is 4.65. The van der Waals surface area contributed by atoms with Gasteiger partial charge in [0.15, 0.2) is 5.82 Å². The molecule has 0 saturated carbocycles. The third kappa shape index (κ3) is 5.80. The van der Waals surface area contributed by atoms with Crippen LogP contribution in [-0.4, -0.2) is 47.3 Å². The highest BCUT2D eigenvalue weighted by atomic mass is 19.4. The first-order valence-corrected chi connectivity index (χ1v) is 11.9. The Morgan fingerprint density at radius 3 is 2.66 bits per heavy atom. The van der Waals surface area contributed by atoms with Gasteiger partial charge in [0.25, 0.3) is 5.91 Å². The number of nitrogens with two attached hydrogens (primary N) is 1. The van der Waals surface area contributed by atoms with E-state index in [1.54, 1.807) is 30.3 Å². The zero-order valence-electron chi connectivity index (χ0n) is 20.2. The topological polar surface area (TPSA) is 96.3 Å². The number of nitrogen functional groups attached to an aromatic ring is 1. The maximum absolute atomic E-state index is 13.6. The number of benzene rings is 3. The van der Waals surface area contributed by atoms with E-state index >= 15 is 0 Å². The van der Waals surface area contributed by atoms with Crippen LogP contribution in [0.5, 0.6) is 0 Å². The number of fused-ring (bicyclic) bond motifs is 1. The number of hydrogen-bond donors (Lipinski definition) is 3. The second-order valence-corrected chi connectivity index (χ2v) is 8.93. The van der Waals surface area contributed by atoms with E-state index in [4.69, 9.17) is 10.5 Å². The number of anilines is 2. The number of nitrogens with zero attached hydrogens (tertiary/aromatic N) is 2. The number of hydrogen-bond acceptors (Lipinski definition) is 5. The Labute approximate surface area is 216 Å². The molecule has 0 aliphatic carbocycles. The van der Waals surface area contributed by atoms with Crippen molar-refractivity contribution in [1.82, 2.24) is 15.1 Å². The molecular weight excluding hydrogens is 495 g/mol. The van der Waals surface area contributed by atoms with Gasteiger partial charge in [-0.3, -0.25) is 14.8 Å². The molecular formula is C28H24F3N5O2. The lowest BCUT2D eigenvalue weighted by Crippen LogP contribution is -2.35. The largest absolute Gasteiger partial charge is 0.416 e. The Balaban J connectivity index is 1.37. The number of rotatable bonds is 4. The summed E-state index contributed by atoms with van der Waals surface area (Å²) in [4.78, 5) is 15.0. The number of alkyl halides is 3. The third-order valence-corrected chi connectivity index (χ3v) is 6.17. The number of ether oxygens (including phenoxy) is 1. The quantitative estimate of drug-likeness (QED) is 0.341. The minimum atomic E-state index is -4.54. The smallest absolute Gasteiger partial charge is 0.382 e. The number of halogens is 3. The van der Waals surface area contributed by atoms with Crippen molar-refractivity contribution in [1.29, 1.82) is 0 Å². The van der Waals surface area contributed by atoms with Gasteiger partial charge in [0, 0.05) is 42.0 Å². The van der Waals surface area contributed by atoms with Crippen LogP contribution in [0.15, 0.2) is 60.7 Å². The van der Waals surface area contributed by atoms with Crippen LogP contribution >= 0.6 is 0 Å². The second kappa shape index (κ2) is 10.6. The summed E-state index contributed by atoms with van der Waals surface area (Å²) in [6.45, 7) is 2.66. The van der Waals surface area contributed by atoms with Gasteiger partial charge in [0.05, 0.1) is 29.7 Å². The van der Waals surface area contributed by atoms with Crippen LogP contribution in [0.25, 0.3) is 10.9 Å². The highest BCUT2D eigenvalue weighted by Crippen LogP contribution is 2.32. The van der Waals surface area contributed by atoms with E-state index in [0.29, 0.717) is 60.7 Å². The fraction of sp³-hybridized carbons (Fsp3) is 0.214. The van der Waals surface area contributed by atoms with Crippen molar-refractivity contribution in [2.75, 3.05) is 37.4 Å². The van der Waals surface area contributed by atoms with Gasteiger partial charge in [-0.2, -0.15) is 18.3 Å². The predicted molar refractivity (Wildman–Crippen MR) is 138 cm³/mol. The van der Waals surface area contributed by atoms with E-state index in [2.05, 4.69) is 27.4 Å². The molecule has 0 bridgehead atoms. The summed E-state index contributed by atoms with van der Waals surface area (Å²) in [5.74, 6) is 5.88. The molecule has 10 heteroatoms. The first-order chi connectivity index (χ1) is 18.3. The molecule has 1 saturated heterocycles. The molecule has 5 rings (SSSR count).